The fourth-order valence-electron chi connectivity index (χ4n) is 1.92. The maximum absolute atomic E-state index is 13.0. The van der Waals surface area contributed by atoms with Gasteiger partial charge in [-0.3, -0.25) is 0 Å². The molecule has 0 bridgehead atoms. The Kier molecular flexibility index (Phi) is 3.76. The van der Waals surface area contributed by atoms with E-state index in [1.54, 1.807) is 6.07 Å². The maximum Gasteiger partial charge on any atom is 0.155 e. The molecule has 16 heavy (non-hydrogen) atoms. The smallest absolute Gasteiger partial charge is 0.155 e. The highest BCUT2D eigenvalue weighted by molar-refractivity contribution is 9.10. The van der Waals surface area contributed by atoms with Gasteiger partial charge < -0.3 is 10.0 Å². The van der Waals surface area contributed by atoms with Gasteiger partial charge in [0, 0.05) is 19.7 Å². The quantitative estimate of drug-likeness (QED) is 0.906. The Morgan fingerprint density at radius 1 is 1.50 bits per heavy atom. The van der Waals surface area contributed by atoms with Crippen molar-refractivity contribution >= 4 is 21.7 Å². The van der Waals surface area contributed by atoms with Gasteiger partial charge in [-0.05, 0) is 40.8 Å². The van der Waals surface area contributed by atoms with Crippen molar-refractivity contribution in [3.8, 4) is 0 Å². The van der Waals surface area contributed by atoms with Gasteiger partial charge >= 0.3 is 0 Å². The van der Waals surface area contributed by atoms with E-state index in [-0.39, 0.29) is 12.4 Å². The topological polar surface area (TPSA) is 36.4 Å². The number of halogens is 2. The Hall–Kier alpha value is -0.680. The molecule has 0 atom stereocenters. The second-order valence-corrected chi connectivity index (χ2v) is 4.92. The van der Waals surface area contributed by atoms with Crippen LogP contribution in [0.3, 0.4) is 0 Å². The van der Waals surface area contributed by atoms with Crippen LogP contribution in [0.15, 0.2) is 16.7 Å². The van der Waals surface area contributed by atoms with Crippen LogP contribution in [0.2, 0.25) is 0 Å². The number of piperidine rings is 1. The molecule has 5 heteroatoms. The standard InChI is InChI=1S/C11H14BrFN2O/c12-9-5-11(14-6-10(9)13)15-3-1-8(7-16)2-4-15/h5-6,8,16H,1-4,7H2. The summed E-state index contributed by atoms with van der Waals surface area (Å²) in [7, 11) is 0. The summed E-state index contributed by atoms with van der Waals surface area (Å²) in [5, 5.41) is 9.04. The summed E-state index contributed by atoms with van der Waals surface area (Å²) in [6, 6.07) is 1.70. The van der Waals surface area contributed by atoms with Gasteiger partial charge in [0.2, 0.25) is 0 Å². The van der Waals surface area contributed by atoms with Gasteiger partial charge in [0.25, 0.3) is 0 Å². The Morgan fingerprint density at radius 2 is 2.19 bits per heavy atom. The molecule has 88 valence electrons. The monoisotopic (exact) mass is 288 g/mol. The summed E-state index contributed by atoms with van der Waals surface area (Å²) in [5.74, 6) is 0.860. The minimum atomic E-state index is -0.339. The first-order chi connectivity index (χ1) is 7.70. The minimum absolute atomic E-state index is 0.258. The lowest BCUT2D eigenvalue weighted by atomic mass is 9.98. The molecule has 1 fully saturated rings. The molecular formula is C11H14BrFN2O. The number of nitrogens with zero attached hydrogens (tertiary/aromatic N) is 2. The maximum atomic E-state index is 13.0. The number of hydrogen-bond acceptors (Lipinski definition) is 3. The van der Waals surface area contributed by atoms with Crippen LogP contribution >= 0.6 is 15.9 Å². The lowest BCUT2D eigenvalue weighted by Gasteiger charge is -2.32. The molecule has 1 saturated heterocycles. The van der Waals surface area contributed by atoms with Gasteiger partial charge in [0.05, 0.1) is 10.7 Å². The van der Waals surface area contributed by atoms with Crippen LogP contribution in [0.4, 0.5) is 10.2 Å². The molecule has 2 rings (SSSR count). The number of aliphatic hydroxyl groups is 1. The van der Waals surface area contributed by atoms with Crippen LogP contribution in [-0.4, -0.2) is 29.8 Å². The second-order valence-electron chi connectivity index (χ2n) is 4.07. The van der Waals surface area contributed by atoms with Crippen molar-refractivity contribution < 1.29 is 9.50 Å². The summed E-state index contributed by atoms with van der Waals surface area (Å²) < 4.78 is 13.5. The number of rotatable bonds is 2. The Balaban J connectivity index is 2.05. The Morgan fingerprint density at radius 3 is 2.75 bits per heavy atom. The van der Waals surface area contributed by atoms with E-state index < -0.39 is 0 Å². The molecule has 1 aliphatic heterocycles. The van der Waals surface area contributed by atoms with E-state index in [0.29, 0.717) is 10.4 Å². The van der Waals surface area contributed by atoms with Crippen molar-refractivity contribution in [3.63, 3.8) is 0 Å². The van der Waals surface area contributed by atoms with Gasteiger partial charge in [0.15, 0.2) is 5.82 Å². The molecule has 0 unspecified atom stereocenters. The van der Waals surface area contributed by atoms with Crippen molar-refractivity contribution in [2.45, 2.75) is 12.8 Å². The fraction of sp³-hybridized carbons (Fsp3) is 0.545. The summed E-state index contributed by atoms with van der Waals surface area (Å²) in [5.41, 5.74) is 0. The first-order valence-corrected chi connectivity index (χ1v) is 6.17. The van der Waals surface area contributed by atoms with E-state index in [1.807, 2.05) is 0 Å². The zero-order valence-corrected chi connectivity index (χ0v) is 10.5. The molecule has 0 aromatic carbocycles. The van der Waals surface area contributed by atoms with Crippen molar-refractivity contribution in [2.75, 3.05) is 24.6 Å². The largest absolute Gasteiger partial charge is 0.396 e. The molecular weight excluding hydrogens is 275 g/mol. The predicted molar refractivity (Wildman–Crippen MR) is 63.9 cm³/mol. The van der Waals surface area contributed by atoms with Gasteiger partial charge in [-0.1, -0.05) is 0 Å². The van der Waals surface area contributed by atoms with Crippen LogP contribution in [0, 0.1) is 11.7 Å². The molecule has 2 heterocycles. The number of pyridine rings is 1. The van der Waals surface area contributed by atoms with Gasteiger partial charge in [-0.15, -0.1) is 0 Å². The SMILES string of the molecule is OCC1CCN(c2cc(Br)c(F)cn2)CC1. The lowest BCUT2D eigenvalue weighted by molar-refractivity contribution is 0.203. The van der Waals surface area contributed by atoms with E-state index in [1.165, 1.54) is 6.20 Å². The van der Waals surface area contributed by atoms with Gasteiger partial charge in [0.1, 0.15) is 5.82 Å². The van der Waals surface area contributed by atoms with E-state index in [2.05, 4.69) is 25.8 Å². The molecule has 1 aromatic heterocycles. The summed E-state index contributed by atoms with van der Waals surface area (Å²) in [4.78, 5) is 6.19. The molecule has 3 nitrogen and oxygen atoms in total. The number of aromatic nitrogens is 1. The number of hydrogen-bond donors (Lipinski definition) is 1. The normalized spacial score (nSPS) is 17.8. The third-order valence-corrected chi connectivity index (χ3v) is 3.60. The van der Waals surface area contributed by atoms with Crippen LogP contribution in [0.25, 0.3) is 0 Å². The minimum Gasteiger partial charge on any atom is -0.396 e. The second kappa shape index (κ2) is 5.10. The average Bonchev–Trinajstić information content (AvgIpc) is 2.33. The predicted octanol–water partition coefficient (Wildman–Crippen LogP) is 2.19. The summed E-state index contributed by atoms with van der Waals surface area (Å²) >= 11 is 3.16. The fourth-order valence-corrected chi connectivity index (χ4v) is 2.23. The number of anilines is 1. The Bertz CT molecular complexity index is 367. The molecule has 0 amide bonds. The zero-order chi connectivity index (χ0) is 11.5. The van der Waals surface area contributed by atoms with Crippen LogP contribution in [-0.2, 0) is 0 Å². The molecule has 0 aliphatic carbocycles. The molecule has 0 radical (unpaired) electrons. The van der Waals surface area contributed by atoms with Crippen molar-refractivity contribution in [3.05, 3.63) is 22.6 Å². The average molecular weight is 289 g/mol. The van der Waals surface area contributed by atoms with E-state index in [0.717, 1.165) is 31.7 Å². The highest BCUT2D eigenvalue weighted by atomic mass is 79.9. The van der Waals surface area contributed by atoms with E-state index >= 15 is 0 Å². The third-order valence-electron chi connectivity index (χ3n) is 2.99. The van der Waals surface area contributed by atoms with Crippen molar-refractivity contribution in [1.29, 1.82) is 0 Å². The zero-order valence-electron chi connectivity index (χ0n) is 8.87. The highest BCUT2D eigenvalue weighted by Crippen LogP contribution is 2.24. The molecule has 1 aromatic rings. The van der Waals surface area contributed by atoms with E-state index in [4.69, 9.17) is 5.11 Å². The summed E-state index contributed by atoms with van der Waals surface area (Å²) in [6.07, 6.45) is 3.16. The van der Waals surface area contributed by atoms with Crippen LogP contribution in [0.5, 0.6) is 0 Å². The van der Waals surface area contributed by atoms with Crippen molar-refractivity contribution in [1.82, 2.24) is 4.98 Å². The lowest BCUT2D eigenvalue weighted by Crippen LogP contribution is -2.35. The van der Waals surface area contributed by atoms with Gasteiger partial charge in [-0.2, -0.15) is 0 Å². The molecule has 1 aliphatic rings. The van der Waals surface area contributed by atoms with Crippen molar-refractivity contribution in [2.24, 2.45) is 5.92 Å². The Labute approximate surface area is 102 Å². The first kappa shape index (κ1) is 11.8. The number of aliphatic hydroxyl groups excluding tert-OH is 1. The first-order valence-electron chi connectivity index (χ1n) is 5.37. The molecule has 0 saturated carbocycles. The van der Waals surface area contributed by atoms with Crippen LogP contribution in [0.1, 0.15) is 12.8 Å². The third kappa shape index (κ3) is 2.52. The van der Waals surface area contributed by atoms with Gasteiger partial charge in [-0.25, -0.2) is 9.37 Å². The molecule has 1 N–H and O–H groups in total. The van der Waals surface area contributed by atoms with Crippen LogP contribution < -0.4 is 4.90 Å². The summed E-state index contributed by atoms with van der Waals surface area (Å²) in [6.45, 7) is 2.00. The highest BCUT2D eigenvalue weighted by Gasteiger charge is 2.19. The molecule has 0 spiro atoms. The van der Waals surface area contributed by atoms with E-state index in [9.17, 15) is 4.39 Å².